The van der Waals surface area contributed by atoms with Crippen molar-refractivity contribution in [2.45, 2.75) is 75.2 Å². The molecule has 0 spiro atoms. The number of aliphatic carboxylic acids is 1. The van der Waals surface area contributed by atoms with Gasteiger partial charge in [0.15, 0.2) is 11.2 Å². The topological polar surface area (TPSA) is 356 Å². The number of Topliss-reactive ketones (excluding diaryl/α,β-unsaturated/α-hetero) is 1. The number of nitrogens with one attached hydrogen (secondary N) is 7. The molecule has 0 unspecified atom stereocenters. The van der Waals surface area contributed by atoms with E-state index in [9.17, 15) is 33.9 Å². The number of amides is 3. The molecule has 4 atom stereocenters. The number of fused-ring (bicyclic) bond motifs is 2. The van der Waals surface area contributed by atoms with E-state index in [1.165, 1.54) is 18.3 Å². The number of ketones is 1. The van der Waals surface area contributed by atoms with Crippen molar-refractivity contribution in [2.75, 3.05) is 80.9 Å². The Bertz CT molecular complexity index is 2360. The van der Waals surface area contributed by atoms with Crippen LogP contribution in [0.1, 0.15) is 67.4 Å². The number of thioether (sulfide) groups is 1. The first-order chi connectivity index (χ1) is 33.9. The second-order valence-corrected chi connectivity index (χ2v) is 20.1. The zero-order chi connectivity index (χ0) is 50.1. The summed E-state index contributed by atoms with van der Waals surface area (Å²) in [5, 5.41) is 36.2. The lowest BCUT2D eigenvalue weighted by Crippen LogP contribution is -2.41. The van der Waals surface area contributed by atoms with Gasteiger partial charge >= 0.3 is 5.97 Å². The van der Waals surface area contributed by atoms with E-state index < -0.39 is 29.4 Å². The maximum absolute atomic E-state index is 12.8. The largest absolute Gasteiger partial charge is 0.480 e. The van der Waals surface area contributed by atoms with Crippen LogP contribution in [0.25, 0.3) is 11.2 Å². The average Bonchev–Trinajstić information content (AvgIpc) is 3.88. The van der Waals surface area contributed by atoms with Crippen LogP contribution in [0.15, 0.2) is 45.4 Å². The fraction of sp³-hybridized carbons (Fsp3) is 0.545. The molecule has 0 aliphatic carbocycles. The molecule has 2 aliphatic rings. The van der Waals surface area contributed by atoms with E-state index in [0.717, 1.165) is 56.0 Å². The van der Waals surface area contributed by atoms with Crippen LogP contribution in [0.3, 0.4) is 0 Å². The number of carboxylic acid groups (broad SMARTS) is 1. The summed E-state index contributed by atoms with van der Waals surface area (Å²) in [4.78, 5) is 92.3. The standard InChI is InChI=1S/C44H62N14O9S3/c45-36-32-26-68-34(37(32)55-41(36)62)6-2-1-4-31(59)5-3-13-48-15-20-69-70-21-16-49-22-30(58-47)25-67-19-18-66-17-14-50-35(60)12-11-33(43(64)65)54-40(61)27-7-9-28(10-8-27)51-23-29-24-52-39-38(53-29)42(63)57-44(46)56-39/h7-10,22,24,32-34,37,45,48,51H,1-6,11-21,23,25-26,47H2,(H,50,60)(H,54,61)(H,55,62)(H,64,65)(H3,46,52,56,57,63)/t32-,33+,34+,37+/m1/s1. The Morgan fingerprint density at radius 2 is 1.79 bits per heavy atom. The molecule has 380 valence electrons. The van der Waals surface area contributed by atoms with E-state index in [0.29, 0.717) is 47.5 Å². The van der Waals surface area contributed by atoms with Gasteiger partial charge in [-0.1, -0.05) is 28.0 Å². The summed E-state index contributed by atoms with van der Waals surface area (Å²) >= 11 is 1.84. The highest BCUT2D eigenvalue weighted by Crippen LogP contribution is 2.38. The number of rotatable bonds is 34. The van der Waals surface area contributed by atoms with Gasteiger partial charge in [-0.3, -0.25) is 39.4 Å². The highest BCUT2D eigenvalue weighted by atomic mass is 33.1. The summed E-state index contributed by atoms with van der Waals surface area (Å²) < 4.78 is 11.1. The number of carbonyl (C=O) groups is 5. The number of anilines is 2. The molecule has 0 radical (unpaired) electrons. The molecule has 3 amide bonds. The smallest absolute Gasteiger partial charge is 0.326 e. The quantitative estimate of drug-likeness (QED) is 0.0133. The van der Waals surface area contributed by atoms with Crippen LogP contribution in [0.4, 0.5) is 11.6 Å². The van der Waals surface area contributed by atoms with Gasteiger partial charge in [-0.25, -0.2) is 14.8 Å². The Kier molecular flexibility index (Phi) is 23.8. The Labute approximate surface area is 416 Å². The number of nitrogens with zero attached hydrogens (tertiary/aromatic N) is 5. The molecule has 70 heavy (non-hydrogen) atoms. The highest BCUT2D eigenvalue weighted by molar-refractivity contribution is 8.76. The molecule has 0 bridgehead atoms. The van der Waals surface area contributed by atoms with E-state index in [1.807, 2.05) is 11.8 Å². The maximum atomic E-state index is 12.8. The van der Waals surface area contributed by atoms with Gasteiger partial charge in [0, 0.05) is 84.8 Å². The van der Waals surface area contributed by atoms with Crippen molar-refractivity contribution in [3.8, 4) is 0 Å². The number of aromatic nitrogens is 4. The van der Waals surface area contributed by atoms with Crippen LogP contribution in [0.2, 0.25) is 0 Å². The molecule has 4 heterocycles. The normalized spacial score (nSPS) is 17.1. The van der Waals surface area contributed by atoms with Gasteiger partial charge in [0.25, 0.3) is 17.4 Å². The van der Waals surface area contributed by atoms with E-state index in [4.69, 9.17) is 26.5 Å². The number of hydrazone groups is 1. The molecule has 0 saturated carbocycles. The number of aromatic amines is 1. The maximum Gasteiger partial charge on any atom is 0.326 e. The Morgan fingerprint density at radius 1 is 1.00 bits per heavy atom. The second kappa shape index (κ2) is 30.2. The predicted octanol–water partition coefficient (Wildman–Crippen LogP) is 1.54. The number of benzene rings is 1. The van der Waals surface area contributed by atoms with Gasteiger partial charge < -0.3 is 52.7 Å². The van der Waals surface area contributed by atoms with Crippen molar-refractivity contribution < 1.29 is 38.6 Å². The molecular formula is C44H62N14O9S3. The number of aliphatic imine (C=N–C) groups is 1. The summed E-state index contributed by atoms with van der Waals surface area (Å²) in [6.45, 7) is 3.54. The zero-order valence-electron chi connectivity index (χ0n) is 38.7. The first kappa shape index (κ1) is 55.3. The fourth-order valence-corrected chi connectivity index (χ4v) is 10.7. The number of H-pyrrole nitrogens is 1. The lowest BCUT2D eigenvalue weighted by Gasteiger charge is -2.16. The summed E-state index contributed by atoms with van der Waals surface area (Å²) in [5.74, 6) is 5.84. The van der Waals surface area contributed by atoms with E-state index >= 15 is 0 Å². The molecule has 2 aromatic heterocycles. The second-order valence-electron chi connectivity index (χ2n) is 16.2. The third-order valence-corrected chi connectivity index (χ3v) is 14.9. The van der Waals surface area contributed by atoms with Gasteiger partial charge in [0.05, 0.1) is 50.9 Å². The number of hydrogen-bond donors (Lipinski definition) is 10. The monoisotopic (exact) mass is 1030 g/mol. The first-order valence-electron chi connectivity index (χ1n) is 23.0. The average molecular weight is 1030 g/mol. The third kappa shape index (κ3) is 18.9. The van der Waals surface area contributed by atoms with E-state index in [1.54, 1.807) is 39.9 Å². The molecule has 3 aromatic rings. The van der Waals surface area contributed by atoms with Crippen LogP contribution in [0, 0.1) is 11.3 Å². The third-order valence-electron chi connectivity index (χ3n) is 11.0. The van der Waals surface area contributed by atoms with Crippen molar-refractivity contribution in [3.05, 3.63) is 52.1 Å². The van der Waals surface area contributed by atoms with E-state index in [-0.39, 0.29) is 98.6 Å². The molecule has 2 aliphatic heterocycles. The number of ether oxygens (including phenoxy) is 2. The minimum atomic E-state index is -1.29. The predicted molar refractivity (Wildman–Crippen MR) is 274 cm³/mol. The van der Waals surface area contributed by atoms with Crippen molar-refractivity contribution >= 4 is 103 Å². The van der Waals surface area contributed by atoms with Gasteiger partial charge in [0.1, 0.15) is 23.2 Å². The van der Waals surface area contributed by atoms with Crippen molar-refractivity contribution in [1.82, 2.24) is 41.2 Å². The minimum Gasteiger partial charge on any atom is -0.480 e. The molecule has 1 aromatic carbocycles. The van der Waals surface area contributed by atoms with Crippen LogP contribution in [-0.2, 0) is 35.2 Å². The first-order valence-corrected chi connectivity index (χ1v) is 26.5. The zero-order valence-corrected chi connectivity index (χ0v) is 41.2. The van der Waals surface area contributed by atoms with E-state index in [2.05, 4.69) is 56.6 Å². The number of nitrogens with two attached hydrogens (primary N) is 2. The summed E-state index contributed by atoms with van der Waals surface area (Å²) in [6, 6.07) is 5.08. The Hall–Kier alpha value is -5.67. The van der Waals surface area contributed by atoms with Crippen molar-refractivity contribution in [3.63, 3.8) is 0 Å². The summed E-state index contributed by atoms with van der Waals surface area (Å²) in [5.41, 5.74) is 7.22. The molecule has 5 rings (SSSR count). The summed E-state index contributed by atoms with van der Waals surface area (Å²) in [7, 11) is 3.48. The van der Waals surface area contributed by atoms with Gasteiger partial charge in [-0.2, -0.15) is 21.8 Å². The minimum absolute atomic E-state index is 0.0461. The summed E-state index contributed by atoms with van der Waals surface area (Å²) in [6.07, 6.45) is 7.59. The van der Waals surface area contributed by atoms with Gasteiger partial charge in [-0.05, 0) is 56.5 Å². The van der Waals surface area contributed by atoms with Gasteiger partial charge in [-0.15, -0.1) is 0 Å². The Morgan fingerprint density at radius 3 is 2.59 bits per heavy atom. The number of unbranched alkanes of at least 4 members (excludes halogenated alkanes) is 1. The lowest BCUT2D eigenvalue weighted by molar-refractivity contribution is -0.139. The van der Waals surface area contributed by atoms with Crippen molar-refractivity contribution in [2.24, 2.45) is 21.9 Å². The number of nitrogen functional groups attached to an aromatic ring is 1. The molecule has 2 saturated heterocycles. The molecule has 23 nitrogen and oxygen atoms in total. The van der Waals surface area contributed by atoms with Crippen LogP contribution in [-0.4, -0.2) is 159 Å². The molecule has 26 heteroatoms. The lowest BCUT2D eigenvalue weighted by atomic mass is 9.96. The van der Waals surface area contributed by atoms with Crippen LogP contribution in [0.5, 0.6) is 0 Å². The fourth-order valence-electron chi connectivity index (χ4n) is 7.25. The highest BCUT2D eigenvalue weighted by Gasteiger charge is 2.46. The Balaban J connectivity index is 0.797. The SMILES string of the molecule is N=C1C(=O)N[C@@H]2[C@H](CCCCC(=O)CCCNCCSSCCN=CC(COCCOCCNC(=O)CC[C@H](NC(=O)c3ccc(NCc4cnc5nc(N)[nH]c(=O)c5n4)cc3)C(=O)O)=NN)SC[C@H]12. The molecule has 2 fully saturated rings. The van der Waals surface area contributed by atoms with Crippen LogP contribution < -0.4 is 43.7 Å². The number of hydrogen-bond acceptors (Lipinski definition) is 21. The molecular weight excluding hydrogens is 965 g/mol. The van der Waals surface area contributed by atoms with Gasteiger partial charge in [0.2, 0.25) is 11.9 Å². The number of carboxylic acids is 1. The van der Waals surface area contributed by atoms with Crippen LogP contribution >= 0.6 is 33.3 Å². The van der Waals surface area contributed by atoms with Crippen molar-refractivity contribution in [1.29, 1.82) is 5.41 Å². The molecule has 12 N–H and O–H groups in total. The number of carbonyl (C=O) groups excluding carboxylic acids is 4.